The quantitative estimate of drug-likeness (QED) is 0.480. The molecule has 6 heteroatoms. The number of fused-ring (bicyclic) bond motifs is 1. The number of amides is 1. The van der Waals surface area contributed by atoms with Gasteiger partial charge in [-0.15, -0.1) is 0 Å². The van der Waals surface area contributed by atoms with Crippen molar-refractivity contribution in [1.82, 2.24) is 14.5 Å². The smallest absolute Gasteiger partial charge is 0.266 e. The molecule has 4 rings (SSSR count). The lowest BCUT2D eigenvalue weighted by atomic mass is 9.83. The largest absolute Gasteiger partial charge is 0.495 e. The van der Waals surface area contributed by atoms with Crippen molar-refractivity contribution in [2.45, 2.75) is 52.5 Å². The van der Waals surface area contributed by atoms with Crippen LogP contribution in [0.4, 0.5) is 0 Å². The first kappa shape index (κ1) is 23.0. The number of hydrogen-bond acceptors (Lipinski definition) is 4. The molecule has 2 aromatic carbocycles. The Kier molecular flexibility index (Phi) is 6.82. The van der Waals surface area contributed by atoms with Gasteiger partial charge < -0.3 is 9.64 Å². The van der Waals surface area contributed by atoms with Crippen LogP contribution in [0.15, 0.2) is 53.3 Å². The summed E-state index contributed by atoms with van der Waals surface area (Å²) >= 11 is 0. The molecule has 1 aliphatic rings. The van der Waals surface area contributed by atoms with Crippen molar-refractivity contribution in [2.24, 2.45) is 11.8 Å². The molecule has 1 amide bonds. The number of aromatic nitrogens is 2. The van der Waals surface area contributed by atoms with Crippen molar-refractivity contribution in [3.63, 3.8) is 0 Å². The van der Waals surface area contributed by atoms with Gasteiger partial charge in [0.1, 0.15) is 11.6 Å². The molecule has 0 radical (unpaired) electrons. The number of carbonyl (C=O) groups is 1. The third kappa shape index (κ3) is 4.39. The van der Waals surface area contributed by atoms with E-state index in [1.54, 1.807) is 17.7 Å². The highest BCUT2D eigenvalue weighted by molar-refractivity contribution is 5.81. The van der Waals surface area contributed by atoms with Gasteiger partial charge in [0.05, 0.1) is 29.7 Å². The lowest BCUT2D eigenvalue weighted by Crippen LogP contribution is -2.44. The summed E-state index contributed by atoms with van der Waals surface area (Å²) in [6, 6.07) is 14.5. The molecule has 1 heterocycles. The fourth-order valence-corrected chi connectivity index (χ4v) is 4.62. The molecule has 0 spiro atoms. The maximum Gasteiger partial charge on any atom is 0.266 e. The monoisotopic (exact) mass is 447 g/mol. The van der Waals surface area contributed by atoms with Gasteiger partial charge in [-0.25, -0.2) is 4.98 Å². The van der Waals surface area contributed by atoms with Crippen LogP contribution in [0.25, 0.3) is 16.6 Å². The summed E-state index contributed by atoms with van der Waals surface area (Å²) in [5.74, 6) is 1.72. The summed E-state index contributed by atoms with van der Waals surface area (Å²) in [5, 5.41) is 0.544. The molecule has 0 saturated heterocycles. The van der Waals surface area contributed by atoms with E-state index in [-0.39, 0.29) is 23.4 Å². The van der Waals surface area contributed by atoms with Gasteiger partial charge in [-0.05, 0) is 49.4 Å². The molecule has 1 aliphatic carbocycles. The summed E-state index contributed by atoms with van der Waals surface area (Å²) in [5.41, 5.74) is 1.12. The summed E-state index contributed by atoms with van der Waals surface area (Å²) in [7, 11) is 1.60. The van der Waals surface area contributed by atoms with Gasteiger partial charge in [0.2, 0.25) is 5.91 Å². The van der Waals surface area contributed by atoms with Gasteiger partial charge in [-0.1, -0.05) is 51.5 Å². The van der Waals surface area contributed by atoms with E-state index >= 15 is 0 Å². The Morgan fingerprint density at radius 2 is 1.85 bits per heavy atom. The summed E-state index contributed by atoms with van der Waals surface area (Å²) < 4.78 is 7.25. The second kappa shape index (κ2) is 9.77. The van der Waals surface area contributed by atoms with Gasteiger partial charge in [-0.3, -0.25) is 14.2 Å². The molecule has 0 N–H and O–H groups in total. The van der Waals surface area contributed by atoms with Crippen molar-refractivity contribution in [2.75, 3.05) is 13.7 Å². The molecule has 1 aromatic heterocycles. The van der Waals surface area contributed by atoms with Gasteiger partial charge in [0.15, 0.2) is 0 Å². The molecule has 1 atom stereocenters. The van der Waals surface area contributed by atoms with E-state index in [0.717, 1.165) is 19.3 Å². The topological polar surface area (TPSA) is 64.4 Å². The van der Waals surface area contributed by atoms with Gasteiger partial charge in [-0.2, -0.15) is 0 Å². The third-order valence-electron chi connectivity index (χ3n) is 6.49. The maximum absolute atomic E-state index is 13.8. The van der Waals surface area contributed by atoms with Crippen LogP contribution in [0.2, 0.25) is 0 Å². The normalized spacial score (nSPS) is 14.8. The lowest BCUT2D eigenvalue weighted by molar-refractivity contribution is -0.141. The molecular weight excluding hydrogens is 414 g/mol. The lowest BCUT2D eigenvalue weighted by Gasteiger charge is -2.38. The van der Waals surface area contributed by atoms with Crippen LogP contribution in [0, 0.1) is 11.8 Å². The number of hydrogen-bond donors (Lipinski definition) is 0. The van der Waals surface area contributed by atoms with E-state index in [4.69, 9.17) is 9.72 Å². The van der Waals surface area contributed by atoms with Crippen LogP contribution in [-0.4, -0.2) is 34.0 Å². The van der Waals surface area contributed by atoms with Crippen LogP contribution in [0.1, 0.15) is 58.3 Å². The molecule has 0 aliphatic heterocycles. The highest BCUT2D eigenvalue weighted by atomic mass is 16.5. The average Bonchev–Trinajstić information content (AvgIpc) is 2.78. The molecule has 174 valence electrons. The first-order valence-corrected chi connectivity index (χ1v) is 11.9. The van der Waals surface area contributed by atoms with Crippen molar-refractivity contribution in [3.05, 3.63) is 64.7 Å². The zero-order valence-electron chi connectivity index (χ0n) is 20.0. The fraction of sp³-hybridized carbons (Fsp3) is 0.444. The number of para-hydroxylation sites is 3. The fourth-order valence-electron chi connectivity index (χ4n) is 4.62. The predicted molar refractivity (Wildman–Crippen MR) is 131 cm³/mol. The summed E-state index contributed by atoms with van der Waals surface area (Å²) in [4.78, 5) is 34.3. The Hall–Kier alpha value is -3.15. The van der Waals surface area contributed by atoms with E-state index in [0.29, 0.717) is 47.0 Å². The number of ether oxygens (including phenoxy) is 1. The Bertz CT molecular complexity index is 1200. The molecule has 33 heavy (non-hydrogen) atoms. The van der Waals surface area contributed by atoms with E-state index in [9.17, 15) is 9.59 Å². The molecule has 1 saturated carbocycles. The molecule has 6 nitrogen and oxygen atoms in total. The zero-order chi connectivity index (χ0) is 23.5. The minimum absolute atomic E-state index is 0.0738. The Morgan fingerprint density at radius 3 is 2.48 bits per heavy atom. The predicted octanol–water partition coefficient (Wildman–Crippen LogP) is 5.13. The highest BCUT2D eigenvalue weighted by Crippen LogP contribution is 2.34. The first-order valence-electron chi connectivity index (χ1n) is 11.9. The van der Waals surface area contributed by atoms with Gasteiger partial charge in [0, 0.05) is 12.5 Å². The van der Waals surface area contributed by atoms with Crippen molar-refractivity contribution >= 4 is 16.8 Å². The number of nitrogens with zero attached hydrogens (tertiary/aromatic N) is 3. The van der Waals surface area contributed by atoms with Crippen LogP contribution in [-0.2, 0) is 4.79 Å². The Balaban J connectivity index is 1.97. The van der Waals surface area contributed by atoms with Crippen molar-refractivity contribution < 1.29 is 9.53 Å². The zero-order valence-corrected chi connectivity index (χ0v) is 20.0. The van der Waals surface area contributed by atoms with E-state index in [2.05, 4.69) is 20.8 Å². The standard InChI is InChI=1S/C27H33N3O3/c1-5-22(29(17-18(2)3)26(31)19-11-10-12-19)25-28-21-14-7-6-13-20(21)27(32)30(25)23-15-8-9-16-24(23)33-4/h6-9,13-16,18-19,22H,5,10-12,17H2,1-4H3. The molecular formula is C27H33N3O3. The van der Waals surface area contributed by atoms with Crippen molar-refractivity contribution in [1.29, 1.82) is 0 Å². The summed E-state index contributed by atoms with van der Waals surface area (Å²) in [6.45, 7) is 6.92. The minimum Gasteiger partial charge on any atom is -0.495 e. The SMILES string of the molecule is CCC(c1nc2ccccc2c(=O)n1-c1ccccc1OC)N(CC(C)C)C(=O)C1CCC1. The van der Waals surface area contributed by atoms with Crippen LogP contribution in [0.5, 0.6) is 5.75 Å². The maximum atomic E-state index is 13.8. The second-order valence-electron chi connectivity index (χ2n) is 9.24. The highest BCUT2D eigenvalue weighted by Gasteiger charge is 2.35. The Labute approximate surface area is 195 Å². The van der Waals surface area contributed by atoms with Gasteiger partial charge >= 0.3 is 0 Å². The molecule has 0 bridgehead atoms. The molecule has 1 unspecified atom stereocenters. The van der Waals surface area contributed by atoms with Gasteiger partial charge in [0.25, 0.3) is 5.56 Å². The number of methoxy groups -OCH3 is 1. The van der Waals surface area contributed by atoms with E-state index in [1.807, 2.05) is 47.4 Å². The van der Waals surface area contributed by atoms with Crippen LogP contribution < -0.4 is 10.3 Å². The number of rotatable bonds is 8. The van der Waals surface area contributed by atoms with E-state index < -0.39 is 0 Å². The van der Waals surface area contributed by atoms with Crippen LogP contribution in [0.3, 0.4) is 0 Å². The number of carbonyl (C=O) groups excluding carboxylic acids is 1. The second-order valence-corrected chi connectivity index (χ2v) is 9.24. The Morgan fingerprint density at radius 1 is 1.15 bits per heavy atom. The summed E-state index contributed by atoms with van der Waals surface area (Å²) in [6.07, 6.45) is 3.64. The van der Waals surface area contributed by atoms with Crippen LogP contribution >= 0.6 is 0 Å². The minimum atomic E-state index is -0.317. The molecule has 3 aromatic rings. The third-order valence-corrected chi connectivity index (χ3v) is 6.49. The number of benzene rings is 2. The average molecular weight is 448 g/mol. The van der Waals surface area contributed by atoms with Crippen molar-refractivity contribution in [3.8, 4) is 11.4 Å². The molecule has 1 fully saturated rings. The first-order chi connectivity index (χ1) is 16.0. The van der Waals surface area contributed by atoms with E-state index in [1.165, 1.54) is 0 Å².